The number of ether oxygens (including phenoxy) is 1. The molecule has 0 radical (unpaired) electrons. The zero-order valence-corrected chi connectivity index (χ0v) is 15.4. The van der Waals surface area contributed by atoms with Crippen LogP contribution in [-0.2, 0) is 0 Å². The normalized spacial score (nSPS) is 10.7. The van der Waals surface area contributed by atoms with Crippen LogP contribution < -0.4 is 10.2 Å². The summed E-state index contributed by atoms with van der Waals surface area (Å²) < 4.78 is 7.00. The summed E-state index contributed by atoms with van der Waals surface area (Å²) in [6, 6.07) is 10.1. The maximum Gasteiger partial charge on any atom is 0.275 e. The third-order valence-electron chi connectivity index (χ3n) is 2.85. The van der Waals surface area contributed by atoms with E-state index in [2.05, 4.69) is 42.4 Å². The fourth-order valence-electron chi connectivity index (χ4n) is 1.81. The number of nitrogens with one attached hydrogen (secondary N) is 1. The van der Waals surface area contributed by atoms with E-state index in [0.717, 1.165) is 8.95 Å². The lowest BCUT2D eigenvalue weighted by molar-refractivity contribution is 0.0951. The summed E-state index contributed by atoms with van der Waals surface area (Å²) in [5.41, 5.74) is 3.28. The highest BCUT2D eigenvalue weighted by Crippen LogP contribution is 2.23. The van der Waals surface area contributed by atoms with Crippen molar-refractivity contribution in [2.24, 2.45) is 5.10 Å². The predicted molar refractivity (Wildman–Crippen MR) is 96.2 cm³/mol. The summed E-state index contributed by atoms with van der Waals surface area (Å²) >= 11 is 6.63. The number of phenols is 1. The smallest absolute Gasteiger partial charge is 0.275 e. The maximum atomic E-state index is 12.2. The van der Waals surface area contributed by atoms with Gasteiger partial charge in [0.25, 0.3) is 5.91 Å². The van der Waals surface area contributed by atoms with E-state index in [1.165, 1.54) is 12.3 Å². The summed E-state index contributed by atoms with van der Waals surface area (Å²) in [7, 11) is 0. The summed E-state index contributed by atoms with van der Waals surface area (Å²) in [5, 5.41) is 13.6. The maximum absolute atomic E-state index is 12.2. The van der Waals surface area contributed by atoms with Crippen LogP contribution in [-0.4, -0.2) is 23.8 Å². The molecular weight excluding hydrogens is 428 g/mol. The zero-order valence-electron chi connectivity index (χ0n) is 12.2. The molecule has 0 bridgehead atoms. The van der Waals surface area contributed by atoms with Gasteiger partial charge < -0.3 is 9.84 Å². The van der Waals surface area contributed by atoms with Crippen LogP contribution in [0.2, 0.25) is 0 Å². The summed E-state index contributed by atoms with van der Waals surface area (Å²) in [6.45, 7) is 2.30. The molecular formula is C16H14Br2N2O3. The monoisotopic (exact) mass is 440 g/mol. The van der Waals surface area contributed by atoms with Gasteiger partial charge in [-0.3, -0.25) is 4.79 Å². The van der Waals surface area contributed by atoms with Crippen LogP contribution in [0.3, 0.4) is 0 Å². The van der Waals surface area contributed by atoms with Crippen molar-refractivity contribution in [1.82, 2.24) is 5.43 Å². The van der Waals surface area contributed by atoms with Gasteiger partial charge in [0.05, 0.1) is 18.4 Å². The van der Waals surface area contributed by atoms with Gasteiger partial charge in [0.1, 0.15) is 11.5 Å². The number of hydrogen-bond donors (Lipinski definition) is 2. The summed E-state index contributed by atoms with van der Waals surface area (Å²) in [5.74, 6) is 0.151. The highest BCUT2D eigenvalue weighted by molar-refractivity contribution is 9.10. The van der Waals surface area contributed by atoms with Gasteiger partial charge in [0, 0.05) is 14.5 Å². The molecule has 0 saturated heterocycles. The molecule has 0 unspecified atom stereocenters. The molecule has 0 spiro atoms. The Morgan fingerprint density at radius 1 is 1.26 bits per heavy atom. The minimum Gasteiger partial charge on any atom is -0.507 e. The van der Waals surface area contributed by atoms with E-state index in [4.69, 9.17) is 4.74 Å². The standard InChI is InChI=1S/C16H14Br2N2O3/c1-2-23-15-6-4-12(18)8-13(15)16(22)20-19-9-10-7-11(17)3-5-14(10)21/h3-9,21H,2H2,1H3,(H,20,22). The van der Waals surface area contributed by atoms with E-state index in [1.807, 2.05) is 6.92 Å². The van der Waals surface area contributed by atoms with Gasteiger partial charge in [-0.2, -0.15) is 5.10 Å². The molecule has 2 aromatic rings. The van der Waals surface area contributed by atoms with Crippen LogP contribution in [0.5, 0.6) is 11.5 Å². The lowest BCUT2D eigenvalue weighted by Crippen LogP contribution is -2.18. The van der Waals surface area contributed by atoms with Crippen LogP contribution in [0.25, 0.3) is 0 Å². The number of aromatic hydroxyl groups is 1. The third-order valence-corrected chi connectivity index (χ3v) is 3.83. The minimum absolute atomic E-state index is 0.0728. The molecule has 0 saturated carbocycles. The molecule has 7 heteroatoms. The van der Waals surface area contributed by atoms with Crippen molar-refractivity contribution in [1.29, 1.82) is 0 Å². The van der Waals surface area contributed by atoms with Crippen LogP contribution in [0.15, 0.2) is 50.4 Å². The largest absolute Gasteiger partial charge is 0.507 e. The van der Waals surface area contributed by atoms with Crippen molar-refractivity contribution in [2.45, 2.75) is 6.92 Å². The summed E-state index contributed by atoms with van der Waals surface area (Å²) in [4.78, 5) is 12.2. The molecule has 2 rings (SSSR count). The molecule has 0 atom stereocenters. The Hall–Kier alpha value is -1.86. The van der Waals surface area contributed by atoms with E-state index in [0.29, 0.717) is 23.5 Å². The summed E-state index contributed by atoms with van der Waals surface area (Å²) in [6.07, 6.45) is 1.37. The Morgan fingerprint density at radius 3 is 2.70 bits per heavy atom. The predicted octanol–water partition coefficient (Wildman–Crippen LogP) is 4.08. The highest BCUT2D eigenvalue weighted by Gasteiger charge is 2.12. The quantitative estimate of drug-likeness (QED) is 0.542. The van der Waals surface area contributed by atoms with E-state index in [1.54, 1.807) is 30.3 Å². The molecule has 2 aromatic carbocycles. The molecule has 0 fully saturated rings. The number of amides is 1. The van der Waals surface area contributed by atoms with Gasteiger partial charge >= 0.3 is 0 Å². The van der Waals surface area contributed by atoms with Crippen LogP contribution in [0, 0.1) is 0 Å². The van der Waals surface area contributed by atoms with Crippen molar-refractivity contribution in [3.63, 3.8) is 0 Å². The Labute approximate surface area is 150 Å². The van der Waals surface area contributed by atoms with E-state index in [-0.39, 0.29) is 5.75 Å². The number of phenolic OH excluding ortho intramolecular Hbond substituents is 1. The van der Waals surface area contributed by atoms with Crippen LogP contribution in [0.4, 0.5) is 0 Å². The third kappa shape index (κ3) is 4.80. The van der Waals surface area contributed by atoms with Crippen LogP contribution in [0.1, 0.15) is 22.8 Å². The number of carbonyl (C=O) groups excluding carboxylic acids is 1. The first-order valence-electron chi connectivity index (χ1n) is 6.75. The van der Waals surface area contributed by atoms with Gasteiger partial charge in [-0.25, -0.2) is 5.43 Å². The van der Waals surface area contributed by atoms with E-state index >= 15 is 0 Å². The molecule has 23 heavy (non-hydrogen) atoms. The molecule has 0 aromatic heterocycles. The number of nitrogens with zero attached hydrogens (tertiary/aromatic N) is 1. The van der Waals surface area contributed by atoms with E-state index < -0.39 is 5.91 Å². The first-order chi connectivity index (χ1) is 11.0. The van der Waals surface area contributed by atoms with Gasteiger partial charge in [-0.15, -0.1) is 0 Å². The zero-order chi connectivity index (χ0) is 16.8. The second-order valence-corrected chi connectivity index (χ2v) is 6.31. The number of rotatable bonds is 5. The van der Waals surface area contributed by atoms with E-state index in [9.17, 15) is 9.90 Å². The molecule has 0 heterocycles. The van der Waals surface area contributed by atoms with Crippen molar-refractivity contribution < 1.29 is 14.6 Å². The Balaban J connectivity index is 2.15. The number of hydrazone groups is 1. The fraction of sp³-hybridized carbons (Fsp3) is 0.125. The Kier molecular flexibility index (Phi) is 6.18. The second-order valence-electron chi connectivity index (χ2n) is 4.48. The average Bonchev–Trinajstić information content (AvgIpc) is 2.52. The molecule has 1 amide bonds. The van der Waals surface area contributed by atoms with Crippen molar-refractivity contribution in [2.75, 3.05) is 6.61 Å². The van der Waals surface area contributed by atoms with Crippen molar-refractivity contribution >= 4 is 44.0 Å². The van der Waals surface area contributed by atoms with Gasteiger partial charge in [0.2, 0.25) is 0 Å². The van der Waals surface area contributed by atoms with Crippen LogP contribution >= 0.6 is 31.9 Å². The molecule has 0 aliphatic rings. The lowest BCUT2D eigenvalue weighted by Gasteiger charge is -2.09. The Bertz CT molecular complexity index is 748. The van der Waals surface area contributed by atoms with Crippen molar-refractivity contribution in [3.05, 3.63) is 56.5 Å². The topological polar surface area (TPSA) is 70.9 Å². The van der Waals surface area contributed by atoms with Crippen molar-refractivity contribution in [3.8, 4) is 11.5 Å². The first-order valence-corrected chi connectivity index (χ1v) is 8.34. The molecule has 0 aliphatic heterocycles. The minimum atomic E-state index is -0.402. The molecule has 5 nitrogen and oxygen atoms in total. The number of halogens is 2. The first kappa shape index (κ1) is 17.5. The SMILES string of the molecule is CCOc1ccc(Br)cc1C(=O)NN=Cc1cc(Br)ccc1O. The second kappa shape index (κ2) is 8.12. The molecule has 2 N–H and O–H groups in total. The Morgan fingerprint density at radius 2 is 1.96 bits per heavy atom. The van der Waals surface area contributed by atoms with Gasteiger partial charge in [-0.05, 0) is 43.3 Å². The number of hydrogen-bond acceptors (Lipinski definition) is 4. The average molecular weight is 442 g/mol. The highest BCUT2D eigenvalue weighted by atomic mass is 79.9. The molecule has 120 valence electrons. The number of benzene rings is 2. The lowest BCUT2D eigenvalue weighted by atomic mass is 10.2. The molecule has 0 aliphatic carbocycles. The fourth-order valence-corrected chi connectivity index (χ4v) is 2.55. The van der Waals surface area contributed by atoms with Gasteiger partial charge in [0.15, 0.2) is 0 Å². The van der Waals surface area contributed by atoms with Gasteiger partial charge in [-0.1, -0.05) is 31.9 Å². The number of carbonyl (C=O) groups is 1.